The number of hydrogen-bond acceptors (Lipinski definition) is 5. The maximum absolute atomic E-state index is 12.3. The van der Waals surface area contributed by atoms with Crippen molar-refractivity contribution in [2.45, 2.75) is 13.0 Å². The van der Waals surface area contributed by atoms with Crippen LogP contribution in [0.5, 0.6) is 5.75 Å². The van der Waals surface area contributed by atoms with Crippen LogP contribution < -0.4 is 15.8 Å². The normalized spacial score (nSPS) is 15.7. The fourth-order valence-corrected chi connectivity index (χ4v) is 3.71. The largest absolute Gasteiger partial charge is 0.496 e. The van der Waals surface area contributed by atoms with Crippen molar-refractivity contribution in [3.05, 3.63) is 69.3 Å². The number of ether oxygens (including phenoxy) is 1. The summed E-state index contributed by atoms with van der Waals surface area (Å²) in [6, 6.07) is 12.0. The summed E-state index contributed by atoms with van der Waals surface area (Å²) in [6.07, 6.45) is 0. The van der Waals surface area contributed by atoms with Crippen molar-refractivity contribution in [1.82, 2.24) is 14.8 Å². The molecule has 1 aliphatic heterocycles. The van der Waals surface area contributed by atoms with Crippen LogP contribution in [-0.4, -0.2) is 27.8 Å². The standard InChI is InChI=1S/C20H17Cl2N5O2/c1-10-16(18(23)28)17(11-7-8-13(21)14(22)9-11)27-20(24-10)25-19(26-27)12-5-3-4-6-15(12)29-2/h3-9,17H,1-2H3,(H2,23,28)(H,24,25,26). The highest BCUT2D eigenvalue weighted by molar-refractivity contribution is 6.42. The summed E-state index contributed by atoms with van der Waals surface area (Å²) < 4.78 is 7.05. The molecule has 2 aromatic carbocycles. The lowest BCUT2D eigenvalue weighted by atomic mass is 9.95. The second-order valence-corrected chi connectivity index (χ2v) is 7.32. The van der Waals surface area contributed by atoms with E-state index in [4.69, 9.17) is 33.7 Å². The van der Waals surface area contributed by atoms with Gasteiger partial charge < -0.3 is 15.8 Å². The van der Waals surface area contributed by atoms with Crippen molar-refractivity contribution in [1.29, 1.82) is 0 Å². The molecule has 1 unspecified atom stereocenters. The lowest BCUT2D eigenvalue weighted by molar-refractivity contribution is -0.115. The number of aromatic nitrogens is 3. The zero-order chi connectivity index (χ0) is 20.7. The van der Waals surface area contributed by atoms with Crippen molar-refractivity contribution >= 4 is 35.1 Å². The Morgan fingerprint density at radius 3 is 2.66 bits per heavy atom. The molecule has 29 heavy (non-hydrogen) atoms. The highest BCUT2D eigenvalue weighted by atomic mass is 35.5. The predicted molar refractivity (Wildman–Crippen MR) is 112 cm³/mol. The number of para-hydroxylation sites is 1. The number of allylic oxidation sites excluding steroid dienone is 1. The molecule has 1 aromatic heterocycles. The number of carbonyl (C=O) groups excluding carboxylic acids is 1. The molecule has 1 amide bonds. The quantitative estimate of drug-likeness (QED) is 0.652. The predicted octanol–water partition coefficient (Wildman–Crippen LogP) is 4.03. The number of fused-ring (bicyclic) bond motifs is 1. The van der Waals surface area contributed by atoms with E-state index in [1.165, 1.54) is 0 Å². The Balaban J connectivity index is 1.91. The van der Waals surface area contributed by atoms with E-state index in [1.807, 2.05) is 24.3 Å². The summed E-state index contributed by atoms with van der Waals surface area (Å²) in [5.41, 5.74) is 8.10. The van der Waals surface area contributed by atoms with Crippen LogP contribution in [0, 0.1) is 0 Å². The van der Waals surface area contributed by atoms with E-state index in [9.17, 15) is 4.79 Å². The number of amides is 1. The van der Waals surface area contributed by atoms with Crippen LogP contribution in [-0.2, 0) is 4.79 Å². The number of primary amides is 1. The maximum atomic E-state index is 12.3. The zero-order valence-corrected chi connectivity index (χ0v) is 17.1. The van der Waals surface area contributed by atoms with Gasteiger partial charge in [-0.2, -0.15) is 4.98 Å². The number of benzene rings is 2. The Kier molecular flexibility index (Phi) is 4.94. The summed E-state index contributed by atoms with van der Waals surface area (Å²) in [5, 5.41) is 8.55. The first-order valence-electron chi connectivity index (χ1n) is 8.73. The first kappa shape index (κ1) is 19.3. The third kappa shape index (κ3) is 3.32. The van der Waals surface area contributed by atoms with E-state index in [0.29, 0.717) is 44.4 Å². The van der Waals surface area contributed by atoms with Crippen molar-refractivity contribution < 1.29 is 9.53 Å². The molecule has 0 bridgehead atoms. The fourth-order valence-electron chi connectivity index (χ4n) is 3.40. The van der Waals surface area contributed by atoms with Crippen LogP contribution >= 0.6 is 23.2 Å². The third-order valence-electron chi connectivity index (χ3n) is 4.73. The molecule has 1 aliphatic rings. The number of hydrogen-bond donors (Lipinski definition) is 2. The summed E-state index contributed by atoms with van der Waals surface area (Å²) in [4.78, 5) is 16.9. The van der Waals surface area contributed by atoms with Gasteiger partial charge >= 0.3 is 0 Å². The van der Waals surface area contributed by atoms with Crippen LogP contribution in [0.1, 0.15) is 18.5 Å². The molecule has 0 spiro atoms. The van der Waals surface area contributed by atoms with E-state index in [1.54, 1.807) is 36.9 Å². The Hall–Kier alpha value is -3.03. The second-order valence-electron chi connectivity index (χ2n) is 6.51. The third-order valence-corrected chi connectivity index (χ3v) is 5.46. The van der Waals surface area contributed by atoms with Crippen molar-refractivity contribution in [3.8, 4) is 17.1 Å². The minimum absolute atomic E-state index is 0.368. The smallest absolute Gasteiger partial charge is 0.248 e. The number of methoxy groups -OCH3 is 1. The van der Waals surface area contributed by atoms with E-state index >= 15 is 0 Å². The number of carbonyl (C=O) groups is 1. The number of nitrogens with two attached hydrogens (primary N) is 1. The molecule has 4 rings (SSSR count). The first-order valence-corrected chi connectivity index (χ1v) is 9.48. The lowest BCUT2D eigenvalue weighted by Gasteiger charge is -2.27. The van der Waals surface area contributed by atoms with Gasteiger partial charge in [-0.05, 0) is 36.8 Å². The van der Waals surface area contributed by atoms with Gasteiger partial charge in [0.1, 0.15) is 11.8 Å². The monoisotopic (exact) mass is 429 g/mol. The Morgan fingerprint density at radius 1 is 1.21 bits per heavy atom. The first-order chi connectivity index (χ1) is 13.9. The molecule has 3 N–H and O–H groups in total. The van der Waals surface area contributed by atoms with Crippen LogP contribution in [0.3, 0.4) is 0 Å². The Bertz CT molecular complexity index is 1160. The second kappa shape index (κ2) is 7.42. The number of nitrogens with zero attached hydrogens (tertiary/aromatic N) is 3. The van der Waals surface area contributed by atoms with E-state index < -0.39 is 11.9 Å². The van der Waals surface area contributed by atoms with Crippen LogP contribution in [0.25, 0.3) is 11.4 Å². The zero-order valence-electron chi connectivity index (χ0n) is 15.6. The molecule has 0 fully saturated rings. The molecule has 0 radical (unpaired) electrons. The Labute approximate surface area is 177 Å². The Morgan fingerprint density at radius 2 is 1.97 bits per heavy atom. The lowest BCUT2D eigenvalue weighted by Crippen LogP contribution is -2.31. The van der Waals surface area contributed by atoms with E-state index in [0.717, 1.165) is 5.56 Å². The summed E-state index contributed by atoms with van der Waals surface area (Å²) in [5.74, 6) is 1.01. The molecule has 1 atom stereocenters. The molecule has 0 saturated carbocycles. The summed E-state index contributed by atoms with van der Waals surface area (Å²) in [7, 11) is 1.59. The number of anilines is 1. The van der Waals surface area contributed by atoms with Gasteiger partial charge in [0.2, 0.25) is 11.9 Å². The van der Waals surface area contributed by atoms with Crippen LogP contribution in [0.2, 0.25) is 10.0 Å². The van der Waals surface area contributed by atoms with Gasteiger partial charge in [-0.1, -0.05) is 41.4 Å². The highest BCUT2D eigenvalue weighted by Crippen LogP contribution is 2.38. The van der Waals surface area contributed by atoms with Gasteiger partial charge in [-0.25, -0.2) is 4.68 Å². The van der Waals surface area contributed by atoms with Crippen LogP contribution in [0.15, 0.2) is 53.7 Å². The SMILES string of the molecule is COc1ccccc1-c1nc2n(n1)C(c1ccc(Cl)c(Cl)c1)C(C(N)=O)=C(C)N2. The van der Waals surface area contributed by atoms with E-state index in [2.05, 4.69) is 15.4 Å². The summed E-state index contributed by atoms with van der Waals surface area (Å²) >= 11 is 12.3. The van der Waals surface area contributed by atoms with Gasteiger partial charge in [0.05, 0.1) is 28.3 Å². The average molecular weight is 430 g/mol. The van der Waals surface area contributed by atoms with Crippen LogP contribution in [0.4, 0.5) is 5.95 Å². The van der Waals surface area contributed by atoms with Crippen molar-refractivity contribution in [3.63, 3.8) is 0 Å². The van der Waals surface area contributed by atoms with Crippen molar-refractivity contribution in [2.24, 2.45) is 5.73 Å². The topological polar surface area (TPSA) is 95.1 Å². The molecule has 7 nitrogen and oxygen atoms in total. The average Bonchev–Trinajstić information content (AvgIpc) is 3.12. The molecule has 9 heteroatoms. The highest BCUT2D eigenvalue weighted by Gasteiger charge is 2.34. The van der Waals surface area contributed by atoms with Crippen molar-refractivity contribution in [2.75, 3.05) is 12.4 Å². The molecule has 2 heterocycles. The van der Waals surface area contributed by atoms with Gasteiger partial charge in [-0.3, -0.25) is 4.79 Å². The maximum Gasteiger partial charge on any atom is 0.248 e. The minimum Gasteiger partial charge on any atom is -0.496 e. The molecule has 0 aliphatic carbocycles. The van der Waals surface area contributed by atoms with Gasteiger partial charge in [0.15, 0.2) is 5.82 Å². The molecule has 3 aromatic rings. The molecule has 0 saturated heterocycles. The minimum atomic E-state index is -0.602. The van der Waals surface area contributed by atoms with Gasteiger partial charge in [0, 0.05) is 5.70 Å². The summed E-state index contributed by atoms with van der Waals surface area (Å²) in [6.45, 7) is 1.77. The molecular formula is C20H17Cl2N5O2. The number of halogens is 2. The number of rotatable bonds is 4. The van der Waals surface area contributed by atoms with Gasteiger partial charge in [-0.15, -0.1) is 5.10 Å². The number of nitrogens with one attached hydrogen (secondary N) is 1. The van der Waals surface area contributed by atoms with E-state index in [-0.39, 0.29) is 0 Å². The van der Waals surface area contributed by atoms with Gasteiger partial charge in [0.25, 0.3) is 0 Å². The fraction of sp³-hybridized carbons (Fsp3) is 0.150. The molecule has 148 valence electrons. The molecular weight excluding hydrogens is 413 g/mol.